The van der Waals surface area contributed by atoms with E-state index < -0.39 is 10.0 Å². The molecule has 1 fully saturated rings. The first-order chi connectivity index (χ1) is 11.3. The van der Waals surface area contributed by atoms with Crippen molar-refractivity contribution < 1.29 is 17.9 Å². The molecule has 0 bridgehead atoms. The van der Waals surface area contributed by atoms with Crippen LogP contribution in [0.4, 0.5) is 0 Å². The van der Waals surface area contributed by atoms with E-state index in [9.17, 15) is 13.2 Å². The van der Waals surface area contributed by atoms with E-state index in [4.69, 9.17) is 4.74 Å². The molecule has 24 heavy (non-hydrogen) atoms. The van der Waals surface area contributed by atoms with Gasteiger partial charge in [0.15, 0.2) is 6.61 Å². The van der Waals surface area contributed by atoms with E-state index in [1.165, 1.54) is 17.6 Å². The smallest absolute Gasteiger partial charge is 0.260 e. The van der Waals surface area contributed by atoms with E-state index in [1.54, 1.807) is 12.1 Å². The van der Waals surface area contributed by atoms with Gasteiger partial charge in [0.1, 0.15) is 5.75 Å². The molecule has 0 spiro atoms. The fourth-order valence-electron chi connectivity index (χ4n) is 2.56. The van der Waals surface area contributed by atoms with Crippen LogP contribution in [0.1, 0.15) is 25.3 Å². The maximum Gasteiger partial charge on any atom is 0.260 e. The number of rotatable bonds is 6. The van der Waals surface area contributed by atoms with Crippen molar-refractivity contribution >= 4 is 15.9 Å². The molecule has 0 saturated carbocycles. The third-order valence-electron chi connectivity index (χ3n) is 4.39. The van der Waals surface area contributed by atoms with Gasteiger partial charge < -0.3 is 9.64 Å². The van der Waals surface area contributed by atoms with E-state index in [1.807, 2.05) is 17.0 Å². The first kappa shape index (κ1) is 18.7. The minimum absolute atomic E-state index is 0.0165. The van der Waals surface area contributed by atoms with Crippen molar-refractivity contribution in [3.8, 4) is 5.75 Å². The van der Waals surface area contributed by atoms with Gasteiger partial charge in [-0.05, 0) is 36.5 Å². The molecule has 0 atom stereocenters. The molecule has 1 aliphatic rings. The van der Waals surface area contributed by atoms with Gasteiger partial charge in [0.05, 0.1) is 6.26 Å². The maximum atomic E-state index is 12.1. The number of hydrogen-bond donors (Lipinski definition) is 0. The van der Waals surface area contributed by atoms with E-state index in [0.29, 0.717) is 18.2 Å². The van der Waals surface area contributed by atoms with Crippen LogP contribution in [0.5, 0.6) is 5.75 Å². The highest BCUT2D eigenvalue weighted by Crippen LogP contribution is 2.17. The van der Waals surface area contributed by atoms with Gasteiger partial charge in [0, 0.05) is 26.7 Å². The van der Waals surface area contributed by atoms with Crippen molar-refractivity contribution in [2.75, 3.05) is 33.0 Å². The van der Waals surface area contributed by atoms with Gasteiger partial charge >= 0.3 is 0 Å². The summed E-state index contributed by atoms with van der Waals surface area (Å²) in [7, 11) is -1.66. The predicted octanol–water partition coefficient (Wildman–Crippen LogP) is 1.72. The minimum atomic E-state index is -3.20. The highest BCUT2D eigenvalue weighted by molar-refractivity contribution is 7.88. The molecule has 1 aromatic rings. The van der Waals surface area contributed by atoms with Crippen molar-refractivity contribution in [2.24, 2.45) is 5.92 Å². The molecule has 1 amide bonds. The topological polar surface area (TPSA) is 66.9 Å². The van der Waals surface area contributed by atoms with Gasteiger partial charge in [-0.3, -0.25) is 4.79 Å². The molecule has 1 heterocycles. The molecular formula is C17H26N2O4S. The standard InChI is InChI=1S/C17H26N2O4S/c1-14-8-10-19(11-9-14)17(20)13-23-16-6-4-15(5-7-16)12-18(2)24(3,21)22/h4-7,14H,8-13H2,1-3H3. The Balaban J connectivity index is 1.82. The third-order valence-corrected chi connectivity index (χ3v) is 5.65. The van der Waals surface area contributed by atoms with Crippen molar-refractivity contribution in [1.82, 2.24) is 9.21 Å². The number of carbonyl (C=O) groups excluding carboxylic acids is 1. The predicted molar refractivity (Wildman–Crippen MR) is 93.2 cm³/mol. The maximum absolute atomic E-state index is 12.1. The zero-order valence-corrected chi connectivity index (χ0v) is 15.4. The number of nitrogens with zero attached hydrogens (tertiary/aromatic N) is 2. The highest BCUT2D eigenvalue weighted by Gasteiger charge is 2.20. The Bertz CT molecular complexity index is 650. The third kappa shape index (κ3) is 5.49. The lowest BCUT2D eigenvalue weighted by Crippen LogP contribution is -2.40. The molecule has 0 N–H and O–H groups in total. The minimum Gasteiger partial charge on any atom is -0.484 e. The quantitative estimate of drug-likeness (QED) is 0.780. The molecule has 0 radical (unpaired) electrons. The lowest BCUT2D eigenvalue weighted by molar-refractivity contribution is -0.134. The summed E-state index contributed by atoms with van der Waals surface area (Å²) in [6.45, 7) is 4.17. The van der Waals surface area contributed by atoms with Gasteiger partial charge in [-0.2, -0.15) is 0 Å². The van der Waals surface area contributed by atoms with Crippen LogP contribution in [0.2, 0.25) is 0 Å². The average molecular weight is 354 g/mol. The highest BCUT2D eigenvalue weighted by atomic mass is 32.2. The summed E-state index contributed by atoms with van der Waals surface area (Å²) in [5.74, 6) is 1.31. The van der Waals surface area contributed by atoms with Gasteiger partial charge in [0.2, 0.25) is 10.0 Å². The van der Waals surface area contributed by atoms with Crippen molar-refractivity contribution in [1.29, 1.82) is 0 Å². The number of sulfonamides is 1. The van der Waals surface area contributed by atoms with Crippen LogP contribution < -0.4 is 4.74 Å². The zero-order valence-electron chi connectivity index (χ0n) is 14.6. The SMILES string of the molecule is CC1CCN(C(=O)COc2ccc(CN(C)S(C)(=O)=O)cc2)CC1. The number of benzene rings is 1. The Morgan fingerprint density at radius 3 is 2.38 bits per heavy atom. The van der Waals surface area contributed by atoms with Crippen LogP contribution in [-0.2, 0) is 21.4 Å². The van der Waals surface area contributed by atoms with E-state index in [0.717, 1.165) is 31.5 Å². The van der Waals surface area contributed by atoms with Crippen LogP contribution in [0.15, 0.2) is 24.3 Å². The van der Waals surface area contributed by atoms with Gasteiger partial charge in [-0.25, -0.2) is 12.7 Å². The molecule has 0 aliphatic carbocycles. The van der Waals surface area contributed by atoms with E-state index in [2.05, 4.69) is 6.92 Å². The summed E-state index contributed by atoms with van der Waals surface area (Å²) in [6, 6.07) is 7.14. The number of hydrogen-bond acceptors (Lipinski definition) is 4. The Morgan fingerprint density at radius 2 is 1.83 bits per heavy atom. The molecule has 6 nitrogen and oxygen atoms in total. The normalized spacial score (nSPS) is 16.4. The second-order valence-corrected chi connectivity index (χ2v) is 8.60. The van der Waals surface area contributed by atoms with Gasteiger partial charge in [-0.15, -0.1) is 0 Å². The zero-order chi connectivity index (χ0) is 17.7. The lowest BCUT2D eigenvalue weighted by Gasteiger charge is -2.30. The fraction of sp³-hybridized carbons (Fsp3) is 0.588. The Kier molecular flexibility index (Phi) is 6.23. The fourth-order valence-corrected chi connectivity index (χ4v) is 2.94. The Morgan fingerprint density at radius 1 is 1.25 bits per heavy atom. The molecule has 1 saturated heterocycles. The summed E-state index contributed by atoms with van der Waals surface area (Å²) in [4.78, 5) is 14.0. The van der Waals surface area contributed by atoms with Crippen molar-refractivity contribution in [3.05, 3.63) is 29.8 Å². The molecule has 134 valence electrons. The number of amides is 1. The van der Waals surface area contributed by atoms with Crippen LogP contribution in [0.3, 0.4) is 0 Å². The summed E-state index contributed by atoms with van der Waals surface area (Å²) >= 11 is 0. The lowest BCUT2D eigenvalue weighted by atomic mass is 9.99. The van der Waals surface area contributed by atoms with Crippen molar-refractivity contribution in [2.45, 2.75) is 26.3 Å². The molecule has 0 unspecified atom stereocenters. The second-order valence-electron chi connectivity index (χ2n) is 6.51. The number of likely N-dealkylation sites (tertiary alicyclic amines) is 1. The van der Waals surface area contributed by atoms with Crippen molar-refractivity contribution in [3.63, 3.8) is 0 Å². The molecule has 2 rings (SSSR count). The summed E-state index contributed by atoms with van der Waals surface area (Å²) in [5.41, 5.74) is 0.867. The van der Waals surface area contributed by atoms with Crippen LogP contribution in [0.25, 0.3) is 0 Å². The first-order valence-electron chi connectivity index (χ1n) is 8.16. The number of ether oxygens (including phenoxy) is 1. The van der Waals surface area contributed by atoms with Crippen LogP contribution in [0, 0.1) is 5.92 Å². The molecule has 1 aromatic carbocycles. The molecular weight excluding hydrogens is 328 g/mol. The Hall–Kier alpha value is -1.60. The number of carbonyl (C=O) groups is 1. The average Bonchev–Trinajstić information content (AvgIpc) is 2.53. The monoisotopic (exact) mass is 354 g/mol. The number of piperidine rings is 1. The van der Waals surface area contributed by atoms with Gasteiger partial charge in [0.25, 0.3) is 5.91 Å². The van der Waals surface area contributed by atoms with E-state index in [-0.39, 0.29) is 12.5 Å². The van der Waals surface area contributed by atoms with Crippen LogP contribution in [-0.4, -0.2) is 56.5 Å². The largest absolute Gasteiger partial charge is 0.484 e. The summed E-state index contributed by atoms with van der Waals surface area (Å²) in [5, 5.41) is 0. The van der Waals surface area contributed by atoms with E-state index >= 15 is 0 Å². The first-order valence-corrected chi connectivity index (χ1v) is 10.0. The Labute approximate surface area is 144 Å². The molecule has 7 heteroatoms. The van der Waals surface area contributed by atoms with Gasteiger partial charge in [-0.1, -0.05) is 19.1 Å². The second kappa shape index (κ2) is 7.98. The summed E-state index contributed by atoms with van der Waals surface area (Å²) in [6.07, 6.45) is 3.28. The van der Waals surface area contributed by atoms with Crippen LogP contribution >= 0.6 is 0 Å². The summed E-state index contributed by atoms with van der Waals surface area (Å²) < 4.78 is 29.7. The molecule has 1 aliphatic heterocycles. The molecule has 0 aromatic heterocycles.